The van der Waals surface area contributed by atoms with Crippen molar-refractivity contribution in [2.75, 3.05) is 26.7 Å². The molecular formula is C14H22N2O. The van der Waals surface area contributed by atoms with Crippen LogP contribution in [0.1, 0.15) is 18.1 Å². The Morgan fingerprint density at radius 2 is 2.29 bits per heavy atom. The highest BCUT2D eigenvalue weighted by molar-refractivity contribution is 5.36. The zero-order valence-electron chi connectivity index (χ0n) is 11.0. The third-order valence-electron chi connectivity index (χ3n) is 3.33. The van der Waals surface area contributed by atoms with Gasteiger partial charge >= 0.3 is 0 Å². The van der Waals surface area contributed by atoms with Crippen LogP contribution >= 0.6 is 0 Å². The van der Waals surface area contributed by atoms with Crippen LogP contribution in [-0.2, 0) is 6.54 Å². The molecule has 0 radical (unpaired) electrons. The summed E-state index contributed by atoms with van der Waals surface area (Å²) in [6.45, 7) is 8.67. The molecule has 0 unspecified atom stereocenters. The van der Waals surface area contributed by atoms with E-state index in [1.165, 1.54) is 11.1 Å². The van der Waals surface area contributed by atoms with Gasteiger partial charge < -0.3 is 10.1 Å². The number of methoxy groups -OCH3 is 1. The van der Waals surface area contributed by atoms with Gasteiger partial charge in [-0.2, -0.15) is 0 Å². The highest BCUT2D eigenvalue weighted by Crippen LogP contribution is 2.20. The second kappa shape index (κ2) is 5.52. The van der Waals surface area contributed by atoms with E-state index < -0.39 is 0 Å². The van der Waals surface area contributed by atoms with E-state index in [-0.39, 0.29) is 0 Å². The van der Waals surface area contributed by atoms with Gasteiger partial charge in [0.1, 0.15) is 5.75 Å². The van der Waals surface area contributed by atoms with Gasteiger partial charge in [-0.15, -0.1) is 0 Å². The molecule has 3 heteroatoms. The predicted molar refractivity (Wildman–Crippen MR) is 70.5 cm³/mol. The van der Waals surface area contributed by atoms with Crippen LogP contribution in [0.25, 0.3) is 0 Å². The van der Waals surface area contributed by atoms with Crippen LogP contribution in [0, 0.1) is 6.92 Å². The van der Waals surface area contributed by atoms with Crippen LogP contribution in [0.3, 0.4) is 0 Å². The molecule has 1 N–H and O–H groups in total. The molecule has 1 aromatic rings. The van der Waals surface area contributed by atoms with Crippen molar-refractivity contribution in [1.82, 2.24) is 10.2 Å². The fourth-order valence-electron chi connectivity index (χ4n) is 2.38. The maximum atomic E-state index is 5.37. The van der Waals surface area contributed by atoms with Crippen LogP contribution in [0.2, 0.25) is 0 Å². The first-order valence-corrected chi connectivity index (χ1v) is 6.28. The first-order valence-electron chi connectivity index (χ1n) is 6.28. The van der Waals surface area contributed by atoms with Gasteiger partial charge in [0, 0.05) is 32.2 Å². The van der Waals surface area contributed by atoms with Crippen LogP contribution < -0.4 is 10.1 Å². The second-order valence-corrected chi connectivity index (χ2v) is 4.89. The van der Waals surface area contributed by atoms with Crippen LogP contribution in [0.15, 0.2) is 18.2 Å². The van der Waals surface area contributed by atoms with E-state index in [0.29, 0.717) is 6.04 Å². The molecule has 0 spiro atoms. The Labute approximate surface area is 104 Å². The van der Waals surface area contributed by atoms with Gasteiger partial charge in [0.05, 0.1) is 7.11 Å². The molecule has 1 atom stereocenters. The van der Waals surface area contributed by atoms with Gasteiger partial charge in [0.2, 0.25) is 0 Å². The van der Waals surface area contributed by atoms with E-state index in [1.54, 1.807) is 7.11 Å². The third kappa shape index (κ3) is 3.20. The van der Waals surface area contributed by atoms with E-state index in [4.69, 9.17) is 4.74 Å². The molecule has 1 saturated heterocycles. The quantitative estimate of drug-likeness (QED) is 0.863. The molecule has 0 amide bonds. The Morgan fingerprint density at radius 1 is 1.47 bits per heavy atom. The summed E-state index contributed by atoms with van der Waals surface area (Å²) in [5.74, 6) is 0.991. The molecule has 1 heterocycles. The van der Waals surface area contributed by atoms with Crippen LogP contribution in [0.4, 0.5) is 0 Å². The van der Waals surface area contributed by atoms with E-state index in [0.717, 1.165) is 31.9 Å². The highest BCUT2D eigenvalue weighted by atomic mass is 16.5. The van der Waals surface area contributed by atoms with E-state index in [9.17, 15) is 0 Å². The molecule has 0 saturated carbocycles. The summed E-state index contributed by atoms with van der Waals surface area (Å²) in [5, 5.41) is 3.46. The van der Waals surface area contributed by atoms with Crippen molar-refractivity contribution in [1.29, 1.82) is 0 Å². The van der Waals surface area contributed by atoms with Gasteiger partial charge in [-0.05, 0) is 31.0 Å². The monoisotopic (exact) mass is 234 g/mol. The van der Waals surface area contributed by atoms with Gasteiger partial charge in [-0.1, -0.05) is 12.1 Å². The lowest BCUT2D eigenvalue weighted by Gasteiger charge is -2.31. The molecule has 2 rings (SSSR count). The number of ether oxygens (including phenoxy) is 1. The van der Waals surface area contributed by atoms with Crippen LogP contribution in [0.5, 0.6) is 5.75 Å². The number of rotatable bonds is 3. The number of benzene rings is 1. The molecule has 1 aliphatic rings. The number of nitrogens with one attached hydrogen (secondary N) is 1. The first-order chi connectivity index (χ1) is 8.19. The SMILES string of the molecule is COc1cc(CN2CCN[C@@H](C)C2)ccc1C. The molecule has 3 nitrogen and oxygen atoms in total. The number of hydrogen-bond donors (Lipinski definition) is 1. The zero-order valence-corrected chi connectivity index (χ0v) is 11.0. The second-order valence-electron chi connectivity index (χ2n) is 4.89. The lowest BCUT2D eigenvalue weighted by atomic mass is 10.1. The Hall–Kier alpha value is -1.06. The molecule has 1 fully saturated rings. The van der Waals surface area contributed by atoms with E-state index in [1.807, 2.05) is 0 Å². The minimum atomic E-state index is 0.594. The highest BCUT2D eigenvalue weighted by Gasteiger charge is 2.15. The number of aryl methyl sites for hydroxylation is 1. The normalized spacial score (nSPS) is 21.5. The Bertz CT molecular complexity index is 378. The smallest absolute Gasteiger partial charge is 0.122 e. The molecular weight excluding hydrogens is 212 g/mol. The minimum Gasteiger partial charge on any atom is -0.496 e. The molecule has 94 valence electrons. The van der Waals surface area contributed by atoms with Gasteiger partial charge in [-0.25, -0.2) is 0 Å². The average molecular weight is 234 g/mol. The van der Waals surface area contributed by atoms with Crippen molar-refractivity contribution in [3.63, 3.8) is 0 Å². The largest absolute Gasteiger partial charge is 0.496 e. The summed E-state index contributed by atoms with van der Waals surface area (Å²) in [7, 11) is 1.74. The lowest BCUT2D eigenvalue weighted by molar-refractivity contribution is 0.199. The fourth-order valence-corrected chi connectivity index (χ4v) is 2.38. The number of hydrogen-bond acceptors (Lipinski definition) is 3. The standard InChI is InChI=1S/C14H22N2O/c1-11-4-5-13(8-14(11)17-3)10-16-7-6-15-12(2)9-16/h4-5,8,12,15H,6-7,9-10H2,1-3H3/t12-/m0/s1. The summed E-state index contributed by atoms with van der Waals surface area (Å²) in [6.07, 6.45) is 0. The van der Waals surface area contributed by atoms with Gasteiger partial charge in [0.25, 0.3) is 0 Å². The summed E-state index contributed by atoms with van der Waals surface area (Å²) >= 11 is 0. The van der Waals surface area contributed by atoms with Crippen molar-refractivity contribution in [2.45, 2.75) is 26.4 Å². The summed E-state index contributed by atoms with van der Waals surface area (Å²) in [4.78, 5) is 2.49. The van der Waals surface area contributed by atoms with Crippen molar-refractivity contribution < 1.29 is 4.74 Å². The fraction of sp³-hybridized carbons (Fsp3) is 0.571. The molecule has 0 bridgehead atoms. The topological polar surface area (TPSA) is 24.5 Å². The van der Waals surface area contributed by atoms with E-state index in [2.05, 4.69) is 42.3 Å². The molecule has 1 aliphatic heterocycles. The van der Waals surface area contributed by atoms with Crippen molar-refractivity contribution in [2.24, 2.45) is 0 Å². The predicted octanol–water partition coefficient (Wildman–Crippen LogP) is 1.80. The Kier molecular flexibility index (Phi) is 4.02. The van der Waals surface area contributed by atoms with E-state index >= 15 is 0 Å². The van der Waals surface area contributed by atoms with Gasteiger partial charge in [-0.3, -0.25) is 4.90 Å². The maximum Gasteiger partial charge on any atom is 0.122 e. The molecule has 0 aliphatic carbocycles. The summed E-state index contributed by atoms with van der Waals surface area (Å²) < 4.78 is 5.37. The lowest BCUT2D eigenvalue weighted by Crippen LogP contribution is -2.48. The van der Waals surface area contributed by atoms with Crippen molar-refractivity contribution >= 4 is 0 Å². The Balaban J connectivity index is 2.02. The summed E-state index contributed by atoms with van der Waals surface area (Å²) in [6, 6.07) is 7.09. The minimum absolute atomic E-state index is 0.594. The zero-order chi connectivity index (χ0) is 12.3. The maximum absolute atomic E-state index is 5.37. The first kappa shape index (κ1) is 12.4. The molecule has 1 aromatic carbocycles. The number of nitrogens with zero attached hydrogens (tertiary/aromatic N) is 1. The number of piperazine rings is 1. The molecule has 17 heavy (non-hydrogen) atoms. The van der Waals surface area contributed by atoms with Crippen molar-refractivity contribution in [3.8, 4) is 5.75 Å². The van der Waals surface area contributed by atoms with Crippen LogP contribution in [-0.4, -0.2) is 37.7 Å². The molecule has 0 aromatic heterocycles. The Morgan fingerprint density at radius 3 is 3.00 bits per heavy atom. The third-order valence-corrected chi connectivity index (χ3v) is 3.33. The summed E-state index contributed by atoms with van der Waals surface area (Å²) in [5.41, 5.74) is 2.53. The van der Waals surface area contributed by atoms with Crippen molar-refractivity contribution in [3.05, 3.63) is 29.3 Å². The average Bonchev–Trinajstić information content (AvgIpc) is 2.32. The van der Waals surface area contributed by atoms with Gasteiger partial charge in [0.15, 0.2) is 0 Å².